The highest BCUT2D eigenvalue weighted by Crippen LogP contribution is 2.15. The van der Waals surface area contributed by atoms with E-state index in [0.29, 0.717) is 11.3 Å². The van der Waals surface area contributed by atoms with Gasteiger partial charge in [-0.3, -0.25) is 4.79 Å². The van der Waals surface area contributed by atoms with Crippen molar-refractivity contribution in [1.82, 2.24) is 0 Å². The Morgan fingerprint density at radius 3 is 2.00 bits per heavy atom. The van der Waals surface area contributed by atoms with Crippen molar-refractivity contribution in [2.45, 2.75) is 0 Å². The van der Waals surface area contributed by atoms with Gasteiger partial charge in [0, 0.05) is 28.2 Å². The topological polar surface area (TPSA) is 43.4 Å². The minimum atomic E-state index is -0.397. The first-order valence-electron chi connectivity index (χ1n) is 3.27. The first-order valence-corrected chi connectivity index (χ1v) is 5.42. The van der Waals surface area contributed by atoms with Crippen molar-refractivity contribution in [3.8, 4) is 5.75 Å². The second-order valence-electron chi connectivity index (χ2n) is 2.14. The summed E-state index contributed by atoms with van der Waals surface area (Å²) in [5.74, 6) is 0.445. The van der Waals surface area contributed by atoms with Gasteiger partial charge in [0.2, 0.25) is 3.79 Å². The third kappa shape index (κ3) is 3.59. The van der Waals surface area contributed by atoms with Gasteiger partial charge in [-0.15, -0.1) is 0 Å². The lowest BCUT2D eigenvalue weighted by Gasteiger charge is -1.99. The molecule has 0 bridgehead atoms. The zero-order valence-corrected chi connectivity index (χ0v) is 10.6. The highest BCUT2D eigenvalue weighted by molar-refractivity contribution is 14.1. The minimum Gasteiger partial charge on any atom is -0.419 e. The standard InChI is InChI=1S/C8H4I2O3/c9-7(11)5-1-3-6(4-2-5)13-8(10)12/h1-4H. The van der Waals surface area contributed by atoms with Crippen LogP contribution in [0.15, 0.2) is 24.3 Å². The van der Waals surface area contributed by atoms with Crippen molar-refractivity contribution in [3.05, 3.63) is 29.8 Å². The summed E-state index contributed by atoms with van der Waals surface area (Å²) < 4.78 is 4.35. The number of hydrogen-bond acceptors (Lipinski definition) is 3. The first kappa shape index (κ1) is 10.9. The Balaban J connectivity index is 2.81. The average molecular weight is 402 g/mol. The number of carbonyl (C=O) groups is 2. The first-order chi connectivity index (χ1) is 6.09. The number of hydrogen-bond donors (Lipinski definition) is 0. The van der Waals surface area contributed by atoms with Crippen molar-refractivity contribution < 1.29 is 14.3 Å². The van der Waals surface area contributed by atoms with Crippen LogP contribution in [0, 0.1) is 0 Å². The van der Waals surface area contributed by atoms with Crippen LogP contribution in [-0.4, -0.2) is 7.77 Å². The molecule has 3 nitrogen and oxygen atoms in total. The molecule has 0 radical (unpaired) electrons. The summed E-state index contributed by atoms with van der Waals surface area (Å²) in [5.41, 5.74) is 0.592. The summed E-state index contributed by atoms with van der Waals surface area (Å²) in [4.78, 5) is 21.4. The molecule has 13 heavy (non-hydrogen) atoms. The van der Waals surface area contributed by atoms with Gasteiger partial charge in [-0.05, 0) is 24.3 Å². The maximum Gasteiger partial charge on any atom is 0.372 e. The summed E-state index contributed by atoms with van der Waals surface area (Å²) in [6.45, 7) is 0. The van der Waals surface area contributed by atoms with Gasteiger partial charge in [0.1, 0.15) is 5.75 Å². The largest absolute Gasteiger partial charge is 0.419 e. The molecule has 1 rings (SSSR count). The monoisotopic (exact) mass is 402 g/mol. The molecular weight excluding hydrogens is 398 g/mol. The number of halogens is 2. The molecule has 0 unspecified atom stereocenters. The van der Waals surface area contributed by atoms with Crippen molar-refractivity contribution in [1.29, 1.82) is 0 Å². The summed E-state index contributed by atoms with van der Waals surface area (Å²) in [7, 11) is 0. The van der Waals surface area contributed by atoms with E-state index in [1.54, 1.807) is 46.9 Å². The fourth-order valence-corrected chi connectivity index (χ4v) is 1.36. The van der Waals surface area contributed by atoms with Crippen LogP contribution >= 0.6 is 45.2 Å². The third-order valence-corrected chi connectivity index (χ3v) is 2.12. The smallest absolute Gasteiger partial charge is 0.372 e. The van der Waals surface area contributed by atoms with Gasteiger partial charge in [0.15, 0.2) is 0 Å². The van der Waals surface area contributed by atoms with Gasteiger partial charge < -0.3 is 4.74 Å². The van der Waals surface area contributed by atoms with E-state index in [4.69, 9.17) is 4.74 Å². The fourth-order valence-electron chi connectivity index (χ4n) is 0.747. The van der Waals surface area contributed by atoms with Crippen molar-refractivity contribution >= 4 is 52.9 Å². The van der Waals surface area contributed by atoms with E-state index in [1.165, 1.54) is 22.6 Å². The molecule has 0 saturated heterocycles. The number of benzene rings is 1. The van der Waals surface area contributed by atoms with Gasteiger partial charge in [-0.2, -0.15) is 0 Å². The van der Waals surface area contributed by atoms with Gasteiger partial charge in [0.25, 0.3) is 0 Å². The quantitative estimate of drug-likeness (QED) is 0.564. The van der Waals surface area contributed by atoms with E-state index in [0.717, 1.165) is 0 Å². The van der Waals surface area contributed by atoms with Crippen LogP contribution in [0.1, 0.15) is 10.4 Å². The number of ether oxygens (including phenoxy) is 1. The summed E-state index contributed by atoms with van der Waals surface area (Å²) in [6, 6.07) is 6.40. The molecule has 0 spiro atoms. The molecule has 0 fully saturated rings. The lowest BCUT2D eigenvalue weighted by Crippen LogP contribution is -1.95. The Labute approximate surface area is 102 Å². The molecule has 0 heterocycles. The summed E-state index contributed by atoms with van der Waals surface area (Å²) in [5, 5.41) is 0. The second-order valence-corrected chi connectivity index (χ2v) is 4.00. The van der Waals surface area contributed by atoms with Crippen LogP contribution in [0.25, 0.3) is 0 Å². The molecule has 0 amide bonds. The molecule has 0 aliphatic rings. The Kier molecular flexibility index (Phi) is 4.10. The van der Waals surface area contributed by atoms with E-state index in [2.05, 4.69) is 0 Å². The molecule has 1 aromatic rings. The molecule has 0 aliphatic carbocycles. The molecule has 68 valence electrons. The van der Waals surface area contributed by atoms with Gasteiger partial charge in [-0.1, -0.05) is 0 Å². The predicted octanol–water partition coefficient (Wildman–Crippen LogP) is 3.20. The van der Waals surface area contributed by atoms with Crippen LogP contribution in [0.2, 0.25) is 0 Å². The van der Waals surface area contributed by atoms with E-state index >= 15 is 0 Å². The summed E-state index contributed by atoms with van der Waals surface area (Å²) >= 11 is 3.24. The van der Waals surface area contributed by atoms with Crippen molar-refractivity contribution in [2.75, 3.05) is 0 Å². The molecular formula is C8H4I2O3. The normalized spacial score (nSPS) is 9.38. The second kappa shape index (κ2) is 4.89. The van der Waals surface area contributed by atoms with Crippen LogP contribution in [0.4, 0.5) is 4.79 Å². The molecule has 0 saturated carbocycles. The molecule has 5 heteroatoms. The SMILES string of the molecule is O=C(I)Oc1ccc(C(=O)I)cc1. The molecule has 0 aromatic heterocycles. The molecule has 0 N–H and O–H groups in total. The molecule has 1 aromatic carbocycles. The third-order valence-electron chi connectivity index (χ3n) is 1.28. The highest BCUT2D eigenvalue weighted by atomic mass is 127. The van der Waals surface area contributed by atoms with E-state index < -0.39 is 3.98 Å². The Morgan fingerprint density at radius 2 is 1.62 bits per heavy atom. The van der Waals surface area contributed by atoms with Crippen LogP contribution in [-0.2, 0) is 0 Å². The highest BCUT2D eigenvalue weighted by Gasteiger charge is 2.02. The van der Waals surface area contributed by atoms with Crippen LogP contribution in [0.5, 0.6) is 5.75 Å². The number of carbonyl (C=O) groups excluding carboxylic acids is 2. The zero-order chi connectivity index (χ0) is 9.84. The lowest BCUT2D eigenvalue weighted by molar-refractivity contribution is 0.110. The lowest BCUT2D eigenvalue weighted by atomic mass is 10.2. The van der Waals surface area contributed by atoms with Gasteiger partial charge in [-0.25, -0.2) is 4.79 Å². The maximum atomic E-state index is 10.9. The van der Waals surface area contributed by atoms with Gasteiger partial charge >= 0.3 is 3.98 Å². The van der Waals surface area contributed by atoms with Gasteiger partial charge in [0.05, 0.1) is 22.6 Å². The van der Waals surface area contributed by atoms with E-state index in [1.807, 2.05) is 0 Å². The van der Waals surface area contributed by atoms with E-state index in [-0.39, 0.29) is 3.79 Å². The minimum absolute atomic E-state index is 0.0371. The maximum absolute atomic E-state index is 10.9. The van der Waals surface area contributed by atoms with Crippen molar-refractivity contribution in [3.63, 3.8) is 0 Å². The average Bonchev–Trinajstić information content (AvgIpc) is 2.04. The number of rotatable bonds is 2. The Bertz CT molecular complexity index is 332. The Morgan fingerprint density at radius 1 is 1.08 bits per heavy atom. The van der Waals surface area contributed by atoms with Crippen LogP contribution in [0.3, 0.4) is 0 Å². The predicted molar refractivity (Wildman–Crippen MR) is 64.8 cm³/mol. The van der Waals surface area contributed by atoms with E-state index in [9.17, 15) is 9.59 Å². The molecule has 0 atom stereocenters. The fraction of sp³-hybridized carbons (Fsp3) is 0. The summed E-state index contributed by atoms with van der Waals surface area (Å²) in [6.07, 6.45) is 0. The zero-order valence-electron chi connectivity index (χ0n) is 6.29. The molecule has 0 aliphatic heterocycles. The Hall–Kier alpha value is -0.180. The van der Waals surface area contributed by atoms with Crippen molar-refractivity contribution in [2.24, 2.45) is 0 Å². The van der Waals surface area contributed by atoms with Crippen LogP contribution < -0.4 is 4.74 Å².